The van der Waals surface area contributed by atoms with Crippen LogP contribution in [-0.4, -0.2) is 17.0 Å². The van der Waals surface area contributed by atoms with Crippen molar-refractivity contribution in [3.63, 3.8) is 0 Å². The van der Waals surface area contributed by atoms with E-state index in [4.69, 9.17) is 5.11 Å². The van der Waals surface area contributed by atoms with Crippen LogP contribution in [0.1, 0.15) is 20.7 Å². The first-order chi connectivity index (χ1) is 9.90. The molecule has 2 aromatic carbocycles. The number of nitrogens with one attached hydrogen (secondary N) is 1. The average Bonchev–Trinajstić information content (AvgIpc) is 2.37. The van der Waals surface area contributed by atoms with Crippen molar-refractivity contribution in [3.05, 3.63) is 65.0 Å². The first kappa shape index (κ1) is 14.6. The molecule has 21 heavy (non-hydrogen) atoms. The van der Waals surface area contributed by atoms with E-state index < -0.39 is 40.5 Å². The number of aromatic carboxylic acids is 1. The van der Waals surface area contributed by atoms with E-state index in [9.17, 15) is 22.8 Å². The Morgan fingerprint density at radius 3 is 2.33 bits per heavy atom. The molecule has 0 saturated heterocycles. The maximum absolute atomic E-state index is 13.5. The summed E-state index contributed by atoms with van der Waals surface area (Å²) in [4.78, 5) is 22.8. The van der Waals surface area contributed by atoms with Gasteiger partial charge in [0.1, 0.15) is 23.0 Å². The second-order valence-electron chi connectivity index (χ2n) is 4.05. The third-order valence-corrected chi connectivity index (χ3v) is 2.65. The molecule has 2 aromatic rings. The highest BCUT2D eigenvalue weighted by Crippen LogP contribution is 2.20. The molecule has 4 nitrogen and oxygen atoms in total. The molecule has 1 amide bonds. The van der Waals surface area contributed by atoms with E-state index in [1.54, 1.807) is 0 Å². The molecule has 0 aliphatic carbocycles. The molecule has 7 heteroatoms. The van der Waals surface area contributed by atoms with E-state index in [0.717, 1.165) is 24.3 Å². The minimum Gasteiger partial charge on any atom is -0.478 e. The summed E-state index contributed by atoms with van der Waals surface area (Å²) in [5.41, 5.74) is -1.55. The molecule has 0 spiro atoms. The monoisotopic (exact) mass is 295 g/mol. The van der Waals surface area contributed by atoms with Gasteiger partial charge in [-0.25, -0.2) is 18.0 Å². The lowest BCUT2D eigenvalue weighted by Gasteiger charge is -2.09. The minimum absolute atomic E-state index is 0.323. The molecule has 0 heterocycles. The van der Waals surface area contributed by atoms with Crippen LogP contribution in [0.4, 0.5) is 18.9 Å². The number of halogens is 3. The van der Waals surface area contributed by atoms with Crippen molar-refractivity contribution in [2.45, 2.75) is 0 Å². The zero-order valence-corrected chi connectivity index (χ0v) is 10.4. The number of carboxylic acids is 1. The van der Waals surface area contributed by atoms with Crippen LogP contribution in [0.5, 0.6) is 0 Å². The van der Waals surface area contributed by atoms with Crippen molar-refractivity contribution < 1.29 is 27.9 Å². The van der Waals surface area contributed by atoms with Crippen LogP contribution in [0.15, 0.2) is 36.4 Å². The van der Waals surface area contributed by atoms with Crippen LogP contribution in [0, 0.1) is 17.5 Å². The standard InChI is InChI=1S/C14H8F3NO3/c15-7-4-5-8(10(17)6-7)13(19)18-11-3-1-2-9(16)12(11)14(20)21/h1-6H,(H,18,19)(H,20,21). The van der Waals surface area contributed by atoms with Crippen molar-refractivity contribution >= 4 is 17.6 Å². The largest absolute Gasteiger partial charge is 0.478 e. The minimum atomic E-state index is -1.58. The lowest BCUT2D eigenvalue weighted by atomic mass is 10.1. The zero-order valence-electron chi connectivity index (χ0n) is 10.4. The molecule has 0 fully saturated rings. The van der Waals surface area contributed by atoms with Crippen molar-refractivity contribution in [2.24, 2.45) is 0 Å². The van der Waals surface area contributed by atoms with Gasteiger partial charge in [0.2, 0.25) is 0 Å². The van der Waals surface area contributed by atoms with Gasteiger partial charge < -0.3 is 10.4 Å². The summed E-state index contributed by atoms with van der Waals surface area (Å²) in [6.07, 6.45) is 0. The Morgan fingerprint density at radius 2 is 1.71 bits per heavy atom. The van der Waals surface area contributed by atoms with E-state index >= 15 is 0 Å². The number of carbonyl (C=O) groups excluding carboxylic acids is 1. The average molecular weight is 295 g/mol. The molecule has 0 aliphatic rings. The van der Waals surface area contributed by atoms with Gasteiger partial charge in [0.25, 0.3) is 5.91 Å². The molecule has 0 aliphatic heterocycles. The van der Waals surface area contributed by atoms with E-state index in [1.165, 1.54) is 6.07 Å². The summed E-state index contributed by atoms with van der Waals surface area (Å²) in [7, 11) is 0. The van der Waals surface area contributed by atoms with Gasteiger partial charge in [0.15, 0.2) is 0 Å². The highest BCUT2D eigenvalue weighted by atomic mass is 19.1. The quantitative estimate of drug-likeness (QED) is 0.914. The van der Waals surface area contributed by atoms with Crippen molar-refractivity contribution in [1.29, 1.82) is 0 Å². The van der Waals surface area contributed by atoms with Gasteiger partial charge in [0.05, 0.1) is 11.3 Å². The Kier molecular flexibility index (Phi) is 3.93. The van der Waals surface area contributed by atoms with Gasteiger partial charge in [0, 0.05) is 6.07 Å². The van der Waals surface area contributed by atoms with E-state index in [0.29, 0.717) is 6.07 Å². The molecule has 0 unspecified atom stereocenters. The number of benzene rings is 2. The molecule has 2 N–H and O–H groups in total. The number of carbonyl (C=O) groups is 2. The lowest BCUT2D eigenvalue weighted by molar-refractivity contribution is 0.0693. The van der Waals surface area contributed by atoms with E-state index in [-0.39, 0.29) is 5.69 Å². The van der Waals surface area contributed by atoms with Crippen LogP contribution in [0.25, 0.3) is 0 Å². The fourth-order valence-electron chi connectivity index (χ4n) is 1.71. The fraction of sp³-hybridized carbons (Fsp3) is 0. The molecule has 0 atom stereocenters. The topological polar surface area (TPSA) is 66.4 Å². The normalized spacial score (nSPS) is 10.2. The third-order valence-electron chi connectivity index (χ3n) is 2.65. The van der Waals surface area contributed by atoms with Gasteiger partial charge in [-0.1, -0.05) is 6.07 Å². The Balaban J connectivity index is 2.36. The van der Waals surface area contributed by atoms with Crippen LogP contribution in [0.3, 0.4) is 0 Å². The summed E-state index contributed by atoms with van der Waals surface area (Å²) < 4.78 is 39.6. The molecular weight excluding hydrogens is 287 g/mol. The Bertz CT molecular complexity index is 731. The summed E-state index contributed by atoms with van der Waals surface area (Å²) in [5, 5.41) is 11.0. The van der Waals surface area contributed by atoms with Gasteiger partial charge >= 0.3 is 5.97 Å². The SMILES string of the molecule is O=C(Nc1cccc(F)c1C(=O)O)c1ccc(F)cc1F. The number of hydrogen-bond donors (Lipinski definition) is 2. The molecule has 0 bridgehead atoms. The number of amides is 1. The van der Waals surface area contributed by atoms with Crippen molar-refractivity contribution in [2.75, 3.05) is 5.32 Å². The summed E-state index contributed by atoms with van der Waals surface area (Å²) in [6.45, 7) is 0. The number of carboxylic acid groups (broad SMARTS) is 1. The van der Waals surface area contributed by atoms with Gasteiger partial charge in [-0.05, 0) is 24.3 Å². The molecule has 0 aromatic heterocycles. The first-order valence-electron chi connectivity index (χ1n) is 5.68. The summed E-state index contributed by atoms with van der Waals surface area (Å²) in [6, 6.07) is 5.56. The molecule has 0 radical (unpaired) electrons. The third kappa shape index (κ3) is 3.02. The van der Waals surface area contributed by atoms with Gasteiger partial charge in [-0.2, -0.15) is 0 Å². The second-order valence-corrected chi connectivity index (χ2v) is 4.05. The lowest BCUT2D eigenvalue weighted by Crippen LogP contribution is -2.17. The van der Waals surface area contributed by atoms with Crippen LogP contribution < -0.4 is 5.32 Å². The second kappa shape index (κ2) is 5.66. The predicted molar refractivity (Wildman–Crippen MR) is 67.7 cm³/mol. The molecular formula is C14H8F3NO3. The van der Waals surface area contributed by atoms with Crippen molar-refractivity contribution in [3.8, 4) is 0 Å². The molecule has 2 rings (SSSR count). The summed E-state index contributed by atoms with van der Waals surface area (Å²) in [5.74, 6) is -5.61. The zero-order chi connectivity index (χ0) is 15.6. The maximum Gasteiger partial charge on any atom is 0.340 e. The highest BCUT2D eigenvalue weighted by molar-refractivity contribution is 6.07. The van der Waals surface area contributed by atoms with Crippen LogP contribution in [-0.2, 0) is 0 Å². The molecule has 0 saturated carbocycles. The fourth-order valence-corrected chi connectivity index (χ4v) is 1.71. The Labute approximate surface area is 116 Å². The number of hydrogen-bond acceptors (Lipinski definition) is 2. The Morgan fingerprint density at radius 1 is 1.00 bits per heavy atom. The summed E-state index contributed by atoms with van der Waals surface area (Å²) >= 11 is 0. The predicted octanol–water partition coefficient (Wildman–Crippen LogP) is 3.05. The molecule has 108 valence electrons. The van der Waals surface area contributed by atoms with E-state index in [1.807, 2.05) is 0 Å². The van der Waals surface area contributed by atoms with E-state index in [2.05, 4.69) is 5.32 Å². The Hall–Kier alpha value is -2.83. The highest BCUT2D eigenvalue weighted by Gasteiger charge is 2.19. The number of rotatable bonds is 3. The van der Waals surface area contributed by atoms with Crippen LogP contribution >= 0.6 is 0 Å². The maximum atomic E-state index is 13.5. The smallest absolute Gasteiger partial charge is 0.340 e. The van der Waals surface area contributed by atoms with Crippen molar-refractivity contribution in [1.82, 2.24) is 0 Å². The van der Waals surface area contributed by atoms with Crippen LogP contribution in [0.2, 0.25) is 0 Å². The van der Waals surface area contributed by atoms with Gasteiger partial charge in [-0.15, -0.1) is 0 Å². The number of anilines is 1. The first-order valence-corrected chi connectivity index (χ1v) is 5.68. The van der Waals surface area contributed by atoms with Gasteiger partial charge in [-0.3, -0.25) is 4.79 Å².